The third-order valence-electron chi connectivity index (χ3n) is 2.26. The minimum absolute atomic E-state index is 0.0553. The summed E-state index contributed by atoms with van der Waals surface area (Å²) < 4.78 is 0. The molecule has 17 heavy (non-hydrogen) atoms. The molecule has 0 radical (unpaired) electrons. The molecule has 1 atom stereocenters. The van der Waals surface area contributed by atoms with Crippen LogP contribution in [0.4, 0.5) is 0 Å². The molecular weight excluding hydrogens is 216 g/mol. The van der Waals surface area contributed by atoms with E-state index >= 15 is 0 Å². The summed E-state index contributed by atoms with van der Waals surface area (Å²) in [6, 6.07) is 9.53. The Kier molecular flexibility index (Phi) is 5.66. The standard InChI is InChI=1S/C13H20N2O2/c1-10(2)15-13(17)9-14-8-12(16)11-6-4-3-5-7-11/h3-7,10,12,14,16H,8-9H2,1-2H3,(H,15,17). The number of hydrogen-bond acceptors (Lipinski definition) is 3. The fraction of sp³-hybridized carbons (Fsp3) is 0.462. The molecule has 4 heteroatoms. The molecular formula is C13H20N2O2. The van der Waals surface area contributed by atoms with Crippen molar-refractivity contribution in [2.24, 2.45) is 0 Å². The number of benzene rings is 1. The van der Waals surface area contributed by atoms with E-state index in [-0.39, 0.29) is 18.5 Å². The van der Waals surface area contributed by atoms with Crippen LogP contribution >= 0.6 is 0 Å². The summed E-state index contributed by atoms with van der Waals surface area (Å²) in [5.74, 6) is -0.0553. The molecule has 1 aromatic carbocycles. The Morgan fingerprint density at radius 2 is 1.94 bits per heavy atom. The van der Waals surface area contributed by atoms with Gasteiger partial charge in [-0.15, -0.1) is 0 Å². The van der Waals surface area contributed by atoms with Crippen LogP contribution in [-0.2, 0) is 4.79 Å². The van der Waals surface area contributed by atoms with Crippen molar-refractivity contribution >= 4 is 5.91 Å². The van der Waals surface area contributed by atoms with Gasteiger partial charge in [0.15, 0.2) is 0 Å². The van der Waals surface area contributed by atoms with Gasteiger partial charge in [0.2, 0.25) is 5.91 Å². The first kappa shape index (κ1) is 13.7. The molecule has 0 saturated heterocycles. The zero-order chi connectivity index (χ0) is 12.7. The highest BCUT2D eigenvalue weighted by molar-refractivity contribution is 5.78. The van der Waals surface area contributed by atoms with Crippen LogP contribution in [0.2, 0.25) is 0 Å². The van der Waals surface area contributed by atoms with Gasteiger partial charge in [-0.25, -0.2) is 0 Å². The molecule has 94 valence electrons. The van der Waals surface area contributed by atoms with Gasteiger partial charge in [0.05, 0.1) is 12.6 Å². The molecule has 0 aliphatic heterocycles. The lowest BCUT2D eigenvalue weighted by Gasteiger charge is -2.13. The van der Waals surface area contributed by atoms with Crippen molar-refractivity contribution in [2.75, 3.05) is 13.1 Å². The molecule has 0 aromatic heterocycles. The van der Waals surface area contributed by atoms with Gasteiger partial charge in [-0.3, -0.25) is 4.79 Å². The van der Waals surface area contributed by atoms with Crippen molar-refractivity contribution in [3.8, 4) is 0 Å². The second-order valence-electron chi connectivity index (χ2n) is 4.28. The molecule has 1 unspecified atom stereocenters. The number of hydrogen-bond donors (Lipinski definition) is 3. The Morgan fingerprint density at radius 3 is 2.53 bits per heavy atom. The third kappa shape index (κ3) is 5.47. The van der Waals surface area contributed by atoms with E-state index in [4.69, 9.17) is 0 Å². The van der Waals surface area contributed by atoms with Crippen LogP contribution in [0.5, 0.6) is 0 Å². The molecule has 3 N–H and O–H groups in total. The largest absolute Gasteiger partial charge is 0.387 e. The van der Waals surface area contributed by atoms with Gasteiger partial charge in [-0.05, 0) is 19.4 Å². The van der Waals surface area contributed by atoms with Crippen molar-refractivity contribution in [1.82, 2.24) is 10.6 Å². The van der Waals surface area contributed by atoms with E-state index in [0.717, 1.165) is 5.56 Å². The highest BCUT2D eigenvalue weighted by Gasteiger charge is 2.07. The van der Waals surface area contributed by atoms with Gasteiger partial charge in [0, 0.05) is 12.6 Å². The minimum atomic E-state index is -0.581. The van der Waals surface area contributed by atoms with E-state index in [1.54, 1.807) is 0 Å². The molecule has 1 aromatic rings. The molecule has 0 fully saturated rings. The highest BCUT2D eigenvalue weighted by Crippen LogP contribution is 2.09. The Labute approximate surface area is 102 Å². The first-order chi connectivity index (χ1) is 8.09. The Hall–Kier alpha value is -1.39. The first-order valence-electron chi connectivity index (χ1n) is 5.82. The summed E-state index contributed by atoms with van der Waals surface area (Å²) in [5.41, 5.74) is 0.851. The number of nitrogens with one attached hydrogen (secondary N) is 2. The van der Waals surface area contributed by atoms with Crippen LogP contribution < -0.4 is 10.6 Å². The normalized spacial score (nSPS) is 12.5. The lowest BCUT2D eigenvalue weighted by Crippen LogP contribution is -2.38. The maximum Gasteiger partial charge on any atom is 0.234 e. The fourth-order valence-corrected chi connectivity index (χ4v) is 1.49. The Bertz CT molecular complexity index is 339. The summed E-state index contributed by atoms with van der Waals surface area (Å²) in [5, 5.41) is 15.5. The predicted molar refractivity (Wildman–Crippen MR) is 67.6 cm³/mol. The average Bonchev–Trinajstić information content (AvgIpc) is 2.29. The van der Waals surface area contributed by atoms with Crippen LogP contribution in [-0.4, -0.2) is 30.1 Å². The molecule has 1 amide bonds. The van der Waals surface area contributed by atoms with Crippen LogP contribution in [0, 0.1) is 0 Å². The monoisotopic (exact) mass is 236 g/mol. The maximum atomic E-state index is 11.3. The van der Waals surface area contributed by atoms with E-state index in [1.165, 1.54) is 0 Å². The number of carbonyl (C=O) groups is 1. The molecule has 0 spiro atoms. The van der Waals surface area contributed by atoms with Crippen molar-refractivity contribution in [3.63, 3.8) is 0 Å². The van der Waals surface area contributed by atoms with Crippen molar-refractivity contribution in [3.05, 3.63) is 35.9 Å². The van der Waals surface area contributed by atoms with Crippen LogP contribution in [0.3, 0.4) is 0 Å². The second kappa shape index (κ2) is 7.04. The van der Waals surface area contributed by atoms with E-state index in [9.17, 15) is 9.90 Å². The molecule has 0 heterocycles. The maximum absolute atomic E-state index is 11.3. The van der Waals surface area contributed by atoms with Crippen molar-refractivity contribution < 1.29 is 9.90 Å². The van der Waals surface area contributed by atoms with Gasteiger partial charge < -0.3 is 15.7 Å². The summed E-state index contributed by atoms with van der Waals surface area (Å²) in [6.07, 6.45) is -0.581. The second-order valence-corrected chi connectivity index (χ2v) is 4.28. The highest BCUT2D eigenvalue weighted by atomic mass is 16.3. The van der Waals surface area contributed by atoms with Crippen LogP contribution in [0.25, 0.3) is 0 Å². The molecule has 0 aliphatic rings. The number of rotatable bonds is 6. The Morgan fingerprint density at radius 1 is 1.29 bits per heavy atom. The number of carbonyl (C=O) groups excluding carboxylic acids is 1. The van der Waals surface area contributed by atoms with Crippen molar-refractivity contribution in [2.45, 2.75) is 26.0 Å². The average molecular weight is 236 g/mol. The van der Waals surface area contributed by atoms with E-state index in [1.807, 2.05) is 44.2 Å². The first-order valence-corrected chi connectivity index (χ1v) is 5.82. The topological polar surface area (TPSA) is 61.4 Å². The number of aliphatic hydroxyl groups is 1. The smallest absolute Gasteiger partial charge is 0.234 e. The number of amides is 1. The molecule has 0 aliphatic carbocycles. The molecule has 0 saturated carbocycles. The van der Waals surface area contributed by atoms with Gasteiger partial charge in [0.25, 0.3) is 0 Å². The SMILES string of the molecule is CC(C)NC(=O)CNCC(O)c1ccccc1. The zero-order valence-electron chi connectivity index (χ0n) is 10.3. The Balaban J connectivity index is 2.25. The lowest BCUT2D eigenvalue weighted by molar-refractivity contribution is -0.120. The molecule has 1 rings (SSSR count). The van der Waals surface area contributed by atoms with Crippen molar-refractivity contribution in [1.29, 1.82) is 0 Å². The van der Waals surface area contributed by atoms with Gasteiger partial charge in [-0.1, -0.05) is 30.3 Å². The van der Waals surface area contributed by atoms with Gasteiger partial charge >= 0.3 is 0 Å². The van der Waals surface area contributed by atoms with Crippen LogP contribution in [0.1, 0.15) is 25.5 Å². The number of aliphatic hydroxyl groups excluding tert-OH is 1. The summed E-state index contributed by atoms with van der Waals surface area (Å²) in [4.78, 5) is 11.3. The predicted octanol–water partition coefficient (Wildman–Crippen LogP) is 0.834. The molecule has 4 nitrogen and oxygen atoms in total. The van der Waals surface area contributed by atoms with Gasteiger partial charge in [-0.2, -0.15) is 0 Å². The fourth-order valence-electron chi connectivity index (χ4n) is 1.49. The summed E-state index contributed by atoms with van der Waals surface area (Å²) in [6.45, 7) is 4.42. The van der Waals surface area contributed by atoms with Crippen LogP contribution in [0.15, 0.2) is 30.3 Å². The zero-order valence-corrected chi connectivity index (χ0v) is 10.3. The van der Waals surface area contributed by atoms with Gasteiger partial charge in [0.1, 0.15) is 0 Å². The minimum Gasteiger partial charge on any atom is -0.387 e. The lowest BCUT2D eigenvalue weighted by atomic mass is 10.1. The quantitative estimate of drug-likeness (QED) is 0.685. The van der Waals surface area contributed by atoms with E-state index in [0.29, 0.717) is 6.54 Å². The summed E-state index contributed by atoms with van der Waals surface area (Å²) in [7, 11) is 0. The summed E-state index contributed by atoms with van der Waals surface area (Å²) >= 11 is 0. The third-order valence-corrected chi connectivity index (χ3v) is 2.26. The molecule has 0 bridgehead atoms. The van der Waals surface area contributed by atoms with E-state index < -0.39 is 6.10 Å². The van der Waals surface area contributed by atoms with E-state index in [2.05, 4.69) is 10.6 Å².